The monoisotopic (exact) mass is 496 g/mol. The summed E-state index contributed by atoms with van der Waals surface area (Å²) < 4.78 is 1.68. The summed E-state index contributed by atoms with van der Waals surface area (Å²) in [6.45, 7) is 2.81. The number of fused-ring (bicyclic) bond motifs is 1. The summed E-state index contributed by atoms with van der Waals surface area (Å²) in [5.74, 6) is -0.412. The maximum absolute atomic E-state index is 13.9. The molecule has 3 aromatic carbocycles. The van der Waals surface area contributed by atoms with Crippen molar-refractivity contribution in [3.8, 4) is 11.3 Å². The van der Waals surface area contributed by atoms with E-state index in [0.717, 1.165) is 27.3 Å². The zero-order chi connectivity index (χ0) is 25.1. The third kappa shape index (κ3) is 4.66. The van der Waals surface area contributed by atoms with Crippen molar-refractivity contribution in [2.24, 2.45) is 0 Å². The SMILES string of the molecule is CSc1ccc(CN2C(=O)c3cc(-c4ccccc4)nn3C[C@@]2(C)C(=O)NCc2ccccc2)cc1. The Morgan fingerprint density at radius 3 is 2.31 bits per heavy atom. The van der Waals surface area contributed by atoms with Gasteiger partial charge < -0.3 is 10.2 Å². The molecule has 0 saturated heterocycles. The van der Waals surface area contributed by atoms with E-state index in [1.165, 1.54) is 0 Å². The summed E-state index contributed by atoms with van der Waals surface area (Å²) in [6.07, 6.45) is 2.03. The summed E-state index contributed by atoms with van der Waals surface area (Å²) in [5, 5.41) is 7.77. The summed E-state index contributed by atoms with van der Waals surface area (Å²) in [4.78, 5) is 30.4. The van der Waals surface area contributed by atoms with Crippen molar-refractivity contribution >= 4 is 23.6 Å². The van der Waals surface area contributed by atoms with Gasteiger partial charge in [0.25, 0.3) is 5.91 Å². The topological polar surface area (TPSA) is 67.2 Å². The van der Waals surface area contributed by atoms with Crippen molar-refractivity contribution < 1.29 is 9.59 Å². The normalized spacial score (nSPS) is 17.1. The van der Waals surface area contributed by atoms with E-state index in [2.05, 4.69) is 5.32 Å². The Morgan fingerprint density at radius 1 is 0.972 bits per heavy atom. The molecule has 6 nitrogen and oxygen atoms in total. The second-order valence-electron chi connectivity index (χ2n) is 9.12. The zero-order valence-corrected chi connectivity index (χ0v) is 21.2. The van der Waals surface area contributed by atoms with E-state index < -0.39 is 5.54 Å². The molecule has 0 saturated carbocycles. The van der Waals surface area contributed by atoms with Crippen molar-refractivity contribution in [2.75, 3.05) is 6.26 Å². The van der Waals surface area contributed by atoms with E-state index in [4.69, 9.17) is 5.10 Å². The van der Waals surface area contributed by atoms with Crippen LogP contribution < -0.4 is 5.32 Å². The summed E-state index contributed by atoms with van der Waals surface area (Å²) in [6, 6.07) is 29.5. The predicted molar refractivity (Wildman–Crippen MR) is 142 cm³/mol. The van der Waals surface area contributed by atoms with Gasteiger partial charge in [-0.3, -0.25) is 14.3 Å². The van der Waals surface area contributed by atoms with Gasteiger partial charge >= 0.3 is 0 Å². The maximum atomic E-state index is 13.9. The Morgan fingerprint density at radius 2 is 1.64 bits per heavy atom. The second-order valence-corrected chi connectivity index (χ2v) is 10.00. The first kappa shape index (κ1) is 23.9. The lowest BCUT2D eigenvalue weighted by Gasteiger charge is -2.43. The van der Waals surface area contributed by atoms with Crippen LogP contribution in [0.15, 0.2) is 95.9 Å². The molecular weight excluding hydrogens is 468 g/mol. The standard InChI is InChI=1S/C29H28N4O2S/c1-29(28(35)30-18-21-9-5-3-6-10-21)20-33-26(17-25(31-33)23-11-7-4-8-12-23)27(34)32(29)19-22-13-15-24(36-2)16-14-22/h3-17H,18-20H2,1-2H3,(H,30,35)/t29-/m0/s1. The van der Waals surface area contributed by atoms with Gasteiger partial charge in [0.2, 0.25) is 5.91 Å². The number of hydrogen-bond donors (Lipinski definition) is 1. The van der Waals surface area contributed by atoms with Crippen LogP contribution in [0.4, 0.5) is 0 Å². The Kier molecular flexibility index (Phi) is 6.65. The summed E-state index contributed by atoms with van der Waals surface area (Å²) in [7, 11) is 0. The van der Waals surface area contributed by atoms with Gasteiger partial charge in [0, 0.05) is 23.5 Å². The van der Waals surface area contributed by atoms with Gasteiger partial charge in [-0.1, -0.05) is 72.8 Å². The minimum Gasteiger partial charge on any atom is -0.350 e. The number of carbonyl (C=O) groups excluding carboxylic acids is 2. The summed E-state index contributed by atoms with van der Waals surface area (Å²) >= 11 is 1.67. The molecule has 4 aromatic rings. The molecule has 1 N–H and O–H groups in total. The third-order valence-electron chi connectivity index (χ3n) is 6.65. The molecule has 7 heteroatoms. The van der Waals surface area contributed by atoms with E-state index in [1.807, 2.05) is 104 Å². The van der Waals surface area contributed by atoms with Gasteiger partial charge in [0.15, 0.2) is 0 Å². The van der Waals surface area contributed by atoms with Crippen LogP contribution in [0.5, 0.6) is 0 Å². The first-order valence-electron chi connectivity index (χ1n) is 11.9. The number of amides is 2. The number of thioether (sulfide) groups is 1. The lowest BCUT2D eigenvalue weighted by atomic mass is 9.94. The number of rotatable bonds is 7. The third-order valence-corrected chi connectivity index (χ3v) is 7.40. The highest BCUT2D eigenvalue weighted by Gasteiger charge is 2.48. The summed E-state index contributed by atoms with van der Waals surface area (Å²) in [5.41, 5.74) is 3.00. The molecule has 0 spiro atoms. The van der Waals surface area contributed by atoms with Gasteiger partial charge in [0.1, 0.15) is 11.2 Å². The van der Waals surface area contributed by atoms with E-state index in [0.29, 0.717) is 18.8 Å². The maximum Gasteiger partial charge on any atom is 0.273 e. The first-order chi connectivity index (χ1) is 17.5. The number of aromatic nitrogens is 2. The van der Waals surface area contributed by atoms with Crippen LogP contribution >= 0.6 is 11.8 Å². The van der Waals surface area contributed by atoms with E-state index >= 15 is 0 Å². The van der Waals surface area contributed by atoms with E-state index in [1.54, 1.807) is 21.3 Å². The van der Waals surface area contributed by atoms with Gasteiger partial charge in [-0.2, -0.15) is 5.10 Å². The molecule has 2 heterocycles. The van der Waals surface area contributed by atoms with Crippen LogP contribution in [0.1, 0.15) is 28.5 Å². The number of benzene rings is 3. The molecule has 1 aromatic heterocycles. The highest BCUT2D eigenvalue weighted by Crippen LogP contribution is 2.32. The van der Waals surface area contributed by atoms with Crippen molar-refractivity contribution in [3.63, 3.8) is 0 Å². The van der Waals surface area contributed by atoms with Crippen molar-refractivity contribution in [3.05, 3.63) is 108 Å². The van der Waals surface area contributed by atoms with Crippen LogP contribution in [-0.2, 0) is 24.4 Å². The molecule has 0 radical (unpaired) electrons. The fraction of sp³-hybridized carbons (Fsp3) is 0.207. The van der Waals surface area contributed by atoms with Gasteiger partial charge in [-0.05, 0) is 42.5 Å². The fourth-order valence-corrected chi connectivity index (χ4v) is 4.93. The molecular formula is C29H28N4O2S. The molecule has 182 valence electrons. The molecule has 5 rings (SSSR count). The highest BCUT2D eigenvalue weighted by atomic mass is 32.2. The van der Waals surface area contributed by atoms with Crippen LogP contribution in [0.2, 0.25) is 0 Å². The quantitative estimate of drug-likeness (QED) is 0.366. The van der Waals surface area contributed by atoms with E-state index in [9.17, 15) is 9.59 Å². The minimum atomic E-state index is -1.11. The van der Waals surface area contributed by atoms with Gasteiger partial charge in [-0.15, -0.1) is 11.8 Å². The Hall–Kier alpha value is -3.84. The van der Waals surface area contributed by atoms with Crippen LogP contribution in [0.3, 0.4) is 0 Å². The van der Waals surface area contributed by atoms with Crippen molar-refractivity contribution in [1.82, 2.24) is 20.0 Å². The Labute approximate surface area is 215 Å². The van der Waals surface area contributed by atoms with Crippen LogP contribution in [0, 0.1) is 0 Å². The minimum absolute atomic E-state index is 0.206. The highest BCUT2D eigenvalue weighted by molar-refractivity contribution is 7.98. The number of hydrogen-bond acceptors (Lipinski definition) is 4. The van der Waals surface area contributed by atoms with E-state index in [-0.39, 0.29) is 18.4 Å². The molecule has 1 atom stereocenters. The number of nitrogens with zero attached hydrogens (tertiary/aromatic N) is 3. The Bertz CT molecular complexity index is 1370. The number of carbonyl (C=O) groups is 2. The molecule has 1 aliphatic rings. The molecule has 36 heavy (non-hydrogen) atoms. The molecule has 0 fully saturated rings. The van der Waals surface area contributed by atoms with Crippen molar-refractivity contribution in [2.45, 2.75) is 37.0 Å². The Balaban J connectivity index is 1.49. The molecule has 0 bridgehead atoms. The predicted octanol–water partition coefficient (Wildman–Crippen LogP) is 5.00. The van der Waals surface area contributed by atoms with Gasteiger partial charge in [-0.25, -0.2) is 0 Å². The zero-order valence-electron chi connectivity index (χ0n) is 20.3. The largest absolute Gasteiger partial charge is 0.350 e. The average molecular weight is 497 g/mol. The average Bonchev–Trinajstić information content (AvgIpc) is 3.35. The van der Waals surface area contributed by atoms with Crippen LogP contribution in [0.25, 0.3) is 11.3 Å². The molecule has 1 aliphatic heterocycles. The first-order valence-corrected chi connectivity index (χ1v) is 13.1. The lowest BCUT2D eigenvalue weighted by molar-refractivity contribution is -0.133. The lowest BCUT2D eigenvalue weighted by Crippen LogP contribution is -2.63. The second kappa shape index (κ2) is 10.0. The number of nitrogens with one attached hydrogen (secondary N) is 1. The smallest absolute Gasteiger partial charge is 0.273 e. The molecule has 2 amide bonds. The fourth-order valence-electron chi connectivity index (χ4n) is 4.52. The molecule has 0 aliphatic carbocycles. The van der Waals surface area contributed by atoms with Gasteiger partial charge in [0.05, 0.1) is 12.2 Å². The van der Waals surface area contributed by atoms with Crippen LogP contribution in [-0.4, -0.2) is 38.3 Å². The van der Waals surface area contributed by atoms with Crippen molar-refractivity contribution in [1.29, 1.82) is 0 Å². The molecule has 0 unspecified atom stereocenters.